The molecule has 4 heteroatoms. The highest BCUT2D eigenvalue weighted by molar-refractivity contribution is 6.10. The third-order valence-corrected chi connectivity index (χ3v) is 3.93. The molecule has 23 heavy (non-hydrogen) atoms. The molecular formula is C19H23NO3. The largest absolute Gasteiger partial charge is 0.507 e. The maximum atomic E-state index is 12.6. The fourth-order valence-electron chi connectivity index (χ4n) is 2.30. The van der Waals surface area contributed by atoms with Crippen molar-refractivity contribution in [2.75, 3.05) is 7.11 Å². The molecule has 0 aliphatic carbocycles. The van der Waals surface area contributed by atoms with E-state index in [9.17, 15) is 9.90 Å². The Balaban J connectivity index is 2.35. The summed E-state index contributed by atoms with van der Waals surface area (Å²) in [4.78, 5) is 12.6. The molecule has 2 aromatic carbocycles. The molecule has 0 amide bonds. The number of carbonyl (C=O) groups excluding carboxylic acids is 1. The third kappa shape index (κ3) is 4.11. The van der Waals surface area contributed by atoms with E-state index in [4.69, 9.17) is 4.74 Å². The standard InChI is InChI=1S/C19H23NO3/c1-4-13(2)20-12-15-10-16(17(21)11-18(15)23-3)19(22)14-8-6-5-7-9-14/h5-11,13,20-21H,4,12H2,1-3H3. The molecule has 2 N–H and O–H groups in total. The van der Waals surface area contributed by atoms with Gasteiger partial charge in [0.15, 0.2) is 5.78 Å². The Morgan fingerprint density at radius 3 is 2.57 bits per heavy atom. The van der Waals surface area contributed by atoms with E-state index in [-0.39, 0.29) is 17.1 Å². The zero-order valence-electron chi connectivity index (χ0n) is 13.8. The Morgan fingerprint density at radius 1 is 1.26 bits per heavy atom. The normalized spacial score (nSPS) is 12.0. The molecule has 0 radical (unpaired) electrons. The van der Waals surface area contributed by atoms with Crippen molar-refractivity contribution in [2.45, 2.75) is 32.9 Å². The summed E-state index contributed by atoms with van der Waals surface area (Å²) in [6, 6.07) is 12.5. The number of ketones is 1. The molecule has 0 aromatic heterocycles. The summed E-state index contributed by atoms with van der Waals surface area (Å²) < 4.78 is 5.32. The van der Waals surface area contributed by atoms with E-state index in [1.165, 1.54) is 6.07 Å². The Labute approximate surface area is 137 Å². The van der Waals surface area contributed by atoms with E-state index in [1.54, 1.807) is 37.4 Å². The number of aromatic hydroxyl groups is 1. The molecule has 2 aromatic rings. The van der Waals surface area contributed by atoms with Gasteiger partial charge in [-0.3, -0.25) is 4.79 Å². The zero-order valence-corrected chi connectivity index (χ0v) is 13.8. The minimum absolute atomic E-state index is 0.0667. The molecule has 0 bridgehead atoms. The molecule has 0 saturated heterocycles. The summed E-state index contributed by atoms with van der Waals surface area (Å²) in [6.45, 7) is 4.78. The van der Waals surface area contributed by atoms with Crippen molar-refractivity contribution in [2.24, 2.45) is 0 Å². The lowest BCUT2D eigenvalue weighted by Gasteiger charge is -2.15. The number of methoxy groups -OCH3 is 1. The Kier molecular flexibility index (Phi) is 5.77. The lowest BCUT2D eigenvalue weighted by Crippen LogP contribution is -2.24. The second-order valence-corrected chi connectivity index (χ2v) is 5.57. The lowest BCUT2D eigenvalue weighted by molar-refractivity contribution is 0.103. The van der Waals surface area contributed by atoms with Crippen LogP contribution in [0.15, 0.2) is 42.5 Å². The number of benzene rings is 2. The number of hydrogen-bond acceptors (Lipinski definition) is 4. The smallest absolute Gasteiger partial charge is 0.196 e. The number of carbonyl (C=O) groups is 1. The minimum Gasteiger partial charge on any atom is -0.507 e. The summed E-state index contributed by atoms with van der Waals surface area (Å²) in [5.74, 6) is 0.307. The molecule has 0 saturated carbocycles. The molecular weight excluding hydrogens is 290 g/mol. The van der Waals surface area contributed by atoms with Crippen molar-refractivity contribution in [1.82, 2.24) is 5.32 Å². The quantitative estimate of drug-likeness (QED) is 0.768. The first kappa shape index (κ1) is 17.0. The molecule has 2 rings (SSSR count). The Bertz CT molecular complexity index is 668. The van der Waals surface area contributed by atoms with Gasteiger partial charge in [-0.25, -0.2) is 0 Å². The van der Waals surface area contributed by atoms with Gasteiger partial charge in [0.05, 0.1) is 12.7 Å². The lowest BCUT2D eigenvalue weighted by atomic mass is 9.99. The van der Waals surface area contributed by atoms with Gasteiger partial charge in [-0.2, -0.15) is 0 Å². The Hall–Kier alpha value is -2.33. The van der Waals surface area contributed by atoms with Crippen molar-refractivity contribution < 1.29 is 14.6 Å². The summed E-state index contributed by atoms with van der Waals surface area (Å²) in [5, 5.41) is 13.6. The molecule has 0 spiro atoms. The zero-order chi connectivity index (χ0) is 16.8. The van der Waals surface area contributed by atoms with Gasteiger partial charge in [0.25, 0.3) is 0 Å². The van der Waals surface area contributed by atoms with E-state index in [1.807, 2.05) is 6.07 Å². The van der Waals surface area contributed by atoms with E-state index >= 15 is 0 Å². The average molecular weight is 313 g/mol. The summed E-state index contributed by atoms with van der Waals surface area (Å²) in [5.41, 5.74) is 1.69. The molecule has 1 unspecified atom stereocenters. The van der Waals surface area contributed by atoms with E-state index < -0.39 is 0 Å². The van der Waals surface area contributed by atoms with Crippen LogP contribution in [-0.2, 0) is 6.54 Å². The topological polar surface area (TPSA) is 58.6 Å². The van der Waals surface area contributed by atoms with Gasteiger partial charge >= 0.3 is 0 Å². The van der Waals surface area contributed by atoms with Crippen molar-refractivity contribution in [3.8, 4) is 11.5 Å². The summed E-state index contributed by atoms with van der Waals surface area (Å²) in [6.07, 6.45) is 1.01. The number of nitrogens with one attached hydrogen (secondary N) is 1. The van der Waals surface area contributed by atoms with Gasteiger partial charge in [-0.15, -0.1) is 0 Å². The van der Waals surface area contributed by atoms with Crippen LogP contribution < -0.4 is 10.1 Å². The Morgan fingerprint density at radius 2 is 1.96 bits per heavy atom. The van der Waals surface area contributed by atoms with Crippen LogP contribution in [0.4, 0.5) is 0 Å². The maximum Gasteiger partial charge on any atom is 0.196 e. The molecule has 122 valence electrons. The SMILES string of the molecule is CCC(C)NCc1cc(C(=O)c2ccccc2)c(O)cc1OC. The van der Waals surface area contributed by atoms with Crippen molar-refractivity contribution in [1.29, 1.82) is 0 Å². The highest BCUT2D eigenvalue weighted by Crippen LogP contribution is 2.30. The van der Waals surface area contributed by atoms with E-state index in [0.717, 1.165) is 12.0 Å². The second kappa shape index (κ2) is 7.79. The first-order valence-electron chi connectivity index (χ1n) is 7.79. The van der Waals surface area contributed by atoms with Crippen molar-refractivity contribution in [3.63, 3.8) is 0 Å². The predicted octanol–water partition coefficient (Wildman–Crippen LogP) is 3.52. The first-order valence-corrected chi connectivity index (χ1v) is 7.79. The molecule has 0 aliphatic heterocycles. The van der Waals surface area contributed by atoms with Crippen LogP contribution in [0.1, 0.15) is 41.8 Å². The number of rotatable bonds is 7. The number of phenols is 1. The fraction of sp³-hybridized carbons (Fsp3) is 0.316. The molecule has 0 heterocycles. The van der Waals surface area contributed by atoms with Gasteiger partial charge in [0.1, 0.15) is 11.5 Å². The second-order valence-electron chi connectivity index (χ2n) is 5.57. The van der Waals surface area contributed by atoms with Crippen LogP contribution in [0.2, 0.25) is 0 Å². The first-order chi connectivity index (χ1) is 11.1. The highest BCUT2D eigenvalue weighted by Gasteiger charge is 2.17. The van der Waals surface area contributed by atoms with E-state index in [0.29, 0.717) is 23.9 Å². The van der Waals surface area contributed by atoms with Crippen LogP contribution in [0.5, 0.6) is 11.5 Å². The highest BCUT2D eigenvalue weighted by atomic mass is 16.5. The number of hydrogen-bond donors (Lipinski definition) is 2. The third-order valence-electron chi connectivity index (χ3n) is 3.93. The minimum atomic E-state index is -0.199. The van der Waals surface area contributed by atoms with Crippen LogP contribution in [-0.4, -0.2) is 24.0 Å². The molecule has 4 nitrogen and oxygen atoms in total. The van der Waals surface area contributed by atoms with Gasteiger partial charge in [0, 0.05) is 29.8 Å². The summed E-state index contributed by atoms with van der Waals surface area (Å²) >= 11 is 0. The van der Waals surface area contributed by atoms with E-state index in [2.05, 4.69) is 19.2 Å². The predicted molar refractivity (Wildman–Crippen MR) is 91.1 cm³/mol. The van der Waals surface area contributed by atoms with Crippen molar-refractivity contribution in [3.05, 3.63) is 59.2 Å². The monoisotopic (exact) mass is 313 g/mol. The van der Waals surface area contributed by atoms with Crippen LogP contribution in [0, 0.1) is 0 Å². The summed E-state index contributed by atoms with van der Waals surface area (Å²) in [7, 11) is 1.56. The van der Waals surface area contributed by atoms with Gasteiger partial charge in [0.2, 0.25) is 0 Å². The van der Waals surface area contributed by atoms with Gasteiger partial charge < -0.3 is 15.2 Å². The van der Waals surface area contributed by atoms with Gasteiger partial charge in [-0.05, 0) is 19.4 Å². The van der Waals surface area contributed by atoms with Crippen LogP contribution in [0.25, 0.3) is 0 Å². The van der Waals surface area contributed by atoms with Crippen LogP contribution >= 0.6 is 0 Å². The molecule has 0 aliphatic rings. The average Bonchev–Trinajstić information content (AvgIpc) is 2.60. The fourth-order valence-corrected chi connectivity index (χ4v) is 2.30. The van der Waals surface area contributed by atoms with Crippen molar-refractivity contribution >= 4 is 5.78 Å². The number of ether oxygens (including phenoxy) is 1. The van der Waals surface area contributed by atoms with Crippen LogP contribution in [0.3, 0.4) is 0 Å². The number of phenolic OH excluding ortho intramolecular Hbond substituents is 1. The molecule has 0 fully saturated rings. The maximum absolute atomic E-state index is 12.6. The molecule has 1 atom stereocenters. The van der Waals surface area contributed by atoms with Gasteiger partial charge in [-0.1, -0.05) is 37.3 Å².